The molecular weight excluding hydrogens is 232 g/mol. The number of aromatic nitrogens is 1. The van der Waals surface area contributed by atoms with Crippen LogP contribution in [0.4, 0.5) is 8.78 Å². The van der Waals surface area contributed by atoms with Crippen LogP contribution in [0.1, 0.15) is 28.9 Å². The minimum absolute atomic E-state index is 0.0611. The van der Waals surface area contributed by atoms with Gasteiger partial charge in [-0.25, -0.2) is 8.78 Å². The lowest BCUT2D eigenvalue weighted by Crippen LogP contribution is -2.13. The lowest BCUT2D eigenvalue weighted by molar-refractivity contribution is -0.136. The first-order chi connectivity index (χ1) is 7.99. The Hall–Kier alpha value is -2.07. The van der Waals surface area contributed by atoms with Crippen molar-refractivity contribution in [1.82, 2.24) is 4.98 Å². The zero-order valence-corrected chi connectivity index (χ0v) is 8.65. The Labute approximate surface area is 95.5 Å². The second-order valence-corrected chi connectivity index (χ2v) is 3.21. The Morgan fingerprint density at radius 1 is 1.65 bits per heavy atom. The number of nitrogens with two attached hydrogens (primary N) is 1. The summed E-state index contributed by atoms with van der Waals surface area (Å²) in [7, 11) is 0. The first-order valence-electron chi connectivity index (χ1n) is 4.62. The largest absolute Gasteiger partial charge is 0.481 e. The van der Waals surface area contributed by atoms with Crippen LogP contribution >= 0.6 is 0 Å². The van der Waals surface area contributed by atoms with E-state index in [4.69, 9.17) is 16.1 Å². The van der Waals surface area contributed by atoms with E-state index in [1.807, 2.05) is 0 Å². The summed E-state index contributed by atoms with van der Waals surface area (Å²) in [5.74, 6) is -1.22. The van der Waals surface area contributed by atoms with E-state index < -0.39 is 24.5 Å². The smallest absolute Gasteiger partial charge is 0.309 e. The molecule has 17 heavy (non-hydrogen) atoms. The van der Waals surface area contributed by atoms with Gasteiger partial charge in [0.2, 0.25) is 0 Å². The Kier molecular flexibility index (Phi) is 4.06. The number of hydrogen-bond donors (Lipinski definition) is 2. The SMILES string of the molecule is N#Cc1cc(C(F)F)nc(CC(=O)O)c1CN. The van der Waals surface area contributed by atoms with E-state index in [1.165, 1.54) is 0 Å². The molecular formula is C10H9F2N3O2. The van der Waals surface area contributed by atoms with Crippen LogP contribution in [0.2, 0.25) is 0 Å². The average Bonchev–Trinajstić information content (AvgIpc) is 2.26. The standard InChI is InChI=1S/C10H9F2N3O2/c11-10(12)8-1-5(3-13)6(4-14)7(15-8)2-9(16)17/h1,10H,2,4,14H2,(H,16,17). The van der Waals surface area contributed by atoms with Crippen molar-refractivity contribution in [3.8, 4) is 6.07 Å². The quantitative estimate of drug-likeness (QED) is 0.818. The molecule has 1 heterocycles. The molecule has 0 fully saturated rings. The second kappa shape index (κ2) is 5.32. The van der Waals surface area contributed by atoms with Crippen molar-refractivity contribution in [3.63, 3.8) is 0 Å². The Morgan fingerprint density at radius 3 is 2.71 bits per heavy atom. The number of carboxylic acids is 1. The van der Waals surface area contributed by atoms with Gasteiger partial charge in [0, 0.05) is 12.1 Å². The molecule has 90 valence electrons. The third-order valence-electron chi connectivity index (χ3n) is 2.10. The summed E-state index contributed by atoms with van der Waals surface area (Å²) in [6.45, 7) is -0.123. The van der Waals surface area contributed by atoms with Crippen LogP contribution in [0.25, 0.3) is 0 Å². The minimum atomic E-state index is -2.86. The number of nitrogens with zero attached hydrogens (tertiary/aromatic N) is 2. The van der Waals surface area contributed by atoms with E-state index in [2.05, 4.69) is 4.98 Å². The Balaban J connectivity index is 3.38. The molecule has 1 rings (SSSR count). The van der Waals surface area contributed by atoms with Crippen molar-refractivity contribution in [1.29, 1.82) is 5.26 Å². The third-order valence-corrected chi connectivity index (χ3v) is 2.10. The molecule has 0 saturated heterocycles. The van der Waals surface area contributed by atoms with Crippen molar-refractivity contribution in [2.45, 2.75) is 19.4 Å². The van der Waals surface area contributed by atoms with Gasteiger partial charge in [-0.2, -0.15) is 5.26 Å². The molecule has 0 bridgehead atoms. The normalized spacial score (nSPS) is 10.3. The highest BCUT2D eigenvalue weighted by Gasteiger charge is 2.18. The second-order valence-electron chi connectivity index (χ2n) is 3.21. The van der Waals surface area contributed by atoms with Gasteiger partial charge in [-0.05, 0) is 6.07 Å². The highest BCUT2D eigenvalue weighted by molar-refractivity contribution is 5.70. The Bertz CT molecular complexity index is 483. The molecule has 0 atom stereocenters. The number of pyridine rings is 1. The van der Waals surface area contributed by atoms with Crippen molar-refractivity contribution < 1.29 is 18.7 Å². The van der Waals surface area contributed by atoms with Gasteiger partial charge in [0.1, 0.15) is 5.69 Å². The van der Waals surface area contributed by atoms with Gasteiger partial charge in [-0.1, -0.05) is 0 Å². The van der Waals surface area contributed by atoms with E-state index in [0.29, 0.717) is 0 Å². The summed E-state index contributed by atoms with van der Waals surface area (Å²) in [6, 6.07) is 2.64. The number of nitriles is 1. The van der Waals surface area contributed by atoms with E-state index in [0.717, 1.165) is 6.07 Å². The molecule has 0 aliphatic rings. The van der Waals surface area contributed by atoms with Crippen LogP contribution < -0.4 is 5.73 Å². The maximum atomic E-state index is 12.5. The number of alkyl halides is 2. The molecule has 0 aliphatic carbocycles. The van der Waals surface area contributed by atoms with E-state index >= 15 is 0 Å². The molecule has 7 heteroatoms. The summed E-state index contributed by atoms with van der Waals surface area (Å²) in [5.41, 5.74) is 4.79. The van der Waals surface area contributed by atoms with Crippen molar-refractivity contribution in [3.05, 3.63) is 28.6 Å². The molecule has 0 aliphatic heterocycles. The lowest BCUT2D eigenvalue weighted by atomic mass is 10.0. The van der Waals surface area contributed by atoms with Gasteiger partial charge < -0.3 is 10.8 Å². The molecule has 1 aromatic heterocycles. The molecule has 0 aromatic carbocycles. The molecule has 1 aromatic rings. The average molecular weight is 241 g/mol. The fourth-order valence-corrected chi connectivity index (χ4v) is 1.37. The maximum absolute atomic E-state index is 12.5. The van der Waals surface area contributed by atoms with E-state index in [-0.39, 0.29) is 23.4 Å². The van der Waals surface area contributed by atoms with Crippen LogP contribution in [0.15, 0.2) is 6.07 Å². The lowest BCUT2D eigenvalue weighted by Gasteiger charge is -2.09. The number of hydrogen-bond acceptors (Lipinski definition) is 4. The predicted octanol–water partition coefficient (Wildman–Crippen LogP) is 0.977. The van der Waals surface area contributed by atoms with Crippen LogP contribution in [0.5, 0.6) is 0 Å². The van der Waals surface area contributed by atoms with Crippen LogP contribution in [0.3, 0.4) is 0 Å². The van der Waals surface area contributed by atoms with Crippen molar-refractivity contribution in [2.75, 3.05) is 0 Å². The highest BCUT2D eigenvalue weighted by atomic mass is 19.3. The van der Waals surface area contributed by atoms with Gasteiger partial charge in [0.25, 0.3) is 6.43 Å². The van der Waals surface area contributed by atoms with Crippen molar-refractivity contribution in [2.24, 2.45) is 5.73 Å². The monoisotopic (exact) mass is 241 g/mol. The number of rotatable bonds is 4. The van der Waals surface area contributed by atoms with Crippen LogP contribution in [-0.4, -0.2) is 16.1 Å². The summed E-state index contributed by atoms with van der Waals surface area (Å²) in [4.78, 5) is 14.1. The zero-order valence-electron chi connectivity index (χ0n) is 8.65. The molecule has 0 unspecified atom stereocenters. The van der Waals surface area contributed by atoms with E-state index in [9.17, 15) is 13.6 Å². The zero-order chi connectivity index (χ0) is 13.0. The third kappa shape index (κ3) is 2.95. The summed E-state index contributed by atoms with van der Waals surface area (Å²) < 4.78 is 25.0. The van der Waals surface area contributed by atoms with Crippen LogP contribution in [0, 0.1) is 11.3 Å². The van der Waals surface area contributed by atoms with Gasteiger partial charge in [0.05, 0.1) is 23.7 Å². The predicted molar refractivity (Wildman–Crippen MR) is 53.1 cm³/mol. The first kappa shape index (κ1) is 13.0. The molecule has 3 N–H and O–H groups in total. The molecule has 0 saturated carbocycles. The summed E-state index contributed by atoms with van der Waals surface area (Å²) >= 11 is 0. The summed E-state index contributed by atoms with van der Waals surface area (Å²) in [6.07, 6.45) is -3.40. The Morgan fingerprint density at radius 2 is 2.29 bits per heavy atom. The first-order valence-corrected chi connectivity index (χ1v) is 4.62. The number of halogens is 2. The molecule has 5 nitrogen and oxygen atoms in total. The molecule has 0 spiro atoms. The minimum Gasteiger partial charge on any atom is -0.481 e. The maximum Gasteiger partial charge on any atom is 0.309 e. The number of carboxylic acid groups (broad SMARTS) is 1. The van der Waals surface area contributed by atoms with Gasteiger partial charge in [0.15, 0.2) is 0 Å². The van der Waals surface area contributed by atoms with Crippen molar-refractivity contribution >= 4 is 5.97 Å². The van der Waals surface area contributed by atoms with Crippen LogP contribution in [-0.2, 0) is 17.8 Å². The molecule has 0 radical (unpaired) electrons. The van der Waals surface area contributed by atoms with E-state index in [1.54, 1.807) is 6.07 Å². The highest BCUT2D eigenvalue weighted by Crippen LogP contribution is 2.22. The fraction of sp³-hybridized carbons (Fsp3) is 0.300. The summed E-state index contributed by atoms with van der Waals surface area (Å²) in [5, 5.41) is 17.4. The van der Waals surface area contributed by atoms with Gasteiger partial charge in [-0.3, -0.25) is 9.78 Å². The molecule has 0 amide bonds. The number of carbonyl (C=O) groups is 1. The topological polar surface area (TPSA) is 100 Å². The number of aliphatic carboxylic acids is 1. The fourth-order valence-electron chi connectivity index (χ4n) is 1.37. The van der Waals surface area contributed by atoms with Gasteiger partial charge in [-0.15, -0.1) is 0 Å². The van der Waals surface area contributed by atoms with Gasteiger partial charge >= 0.3 is 5.97 Å².